The summed E-state index contributed by atoms with van der Waals surface area (Å²) in [4.78, 5) is 0. The summed E-state index contributed by atoms with van der Waals surface area (Å²) in [6.45, 7) is 18.5. The third-order valence-electron chi connectivity index (χ3n) is 4.77. The van der Waals surface area contributed by atoms with Crippen molar-refractivity contribution in [2.24, 2.45) is 11.8 Å². The van der Waals surface area contributed by atoms with Crippen LogP contribution in [0.2, 0.25) is 0 Å². The van der Waals surface area contributed by atoms with E-state index in [1.807, 2.05) is 13.8 Å². The fourth-order valence-electron chi connectivity index (χ4n) is 2.48. The lowest BCUT2D eigenvalue weighted by atomic mass is 9.90. The average Bonchev–Trinajstić information content (AvgIpc) is 2.43. The number of hydrogen-bond acceptors (Lipinski definition) is 2. The second-order valence-corrected chi connectivity index (χ2v) is 7.40. The van der Waals surface area contributed by atoms with Crippen molar-refractivity contribution in [2.75, 3.05) is 0 Å². The molecule has 0 radical (unpaired) electrons. The van der Waals surface area contributed by atoms with Gasteiger partial charge in [0.05, 0.1) is 5.60 Å². The Labute approximate surface area is 138 Å². The molecule has 0 aliphatic carbocycles. The van der Waals surface area contributed by atoms with Gasteiger partial charge in [0.1, 0.15) is 11.5 Å². The predicted molar refractivity (Wildman–Crippen MR) is 96.6 cm³/mol. The van der Waals surface area contributed by atoms with Crippen molar-refractivity contribution in [3.05, 3.63) is 22.7 Å². The topological polar surface area (TPSA) is 29.5 Å². The van der Waals surface area contributed by atoms with Gasteiger partial charge in [-0.2, -0.15) is 0 Å². The summed E-state index contributed by atoms with van der Waals surface area (Å²) >= 11 is 0. The van der Waals surface area contributed by atoms with Gasteiger partial charge < -0.3 is 9.84 Å². The largest absolute Gasteiger partial charge is 0.466 e. The third kappa shape index (κ3) is 7.00. The van der Waals surface area contributed by atoms with Crippen LogP contribution in [0.25, 0.3) is 0 Å². The van der Waals surface area contributed by atoms with Gasteiger partial charge in [-0.25, -0.2) is 0 Å². The molecule has 1 unspecified atom stereocenters. The minimum Gasteiger partial charge on any atom is -0.466 e. The number of allylic oxidation sites excluding steroid dienone is 3. The van der Waals surface area contributed by atoms with Gasteiger partial charge in [-0.3, -0.25) is 0 Å². The predicted octanol–water partition coefficient (Wildman–Crippen LogP) is 6.21. The van der Waals surface area contributed by atoms with Crippen LogP contribution in [0, 0.1) is 11.8 Å². The van der Waals surface area contributed by atoms with Crippen molar-refractivity contribution in [1.82, 2.24) is 0 Å². The lowest BCUT2D eigenvalue weighted by Crippen LogP contribution is -2.22. The summed E-state index contributed by atoms with van der Waals surface area (Å²) in [7, 11) is 0. The Morgan fingerprint density at radius 2 is 1.55 bits per heavy atom. The lowest BCUT2D eigenvalue weighted by molar-refractivity contribution is 0.110. The van der Waals surface area contributed by atoms with E-state index in [0.717, 1.165) is 29.4 Å². The molecule has 22 heavy (non-hydrogen) atoms. The van der Waals surface area contributed by atoms with E-state index in [-0.39, 0.29) is 0 Å². The first-order chi connectivity index (χ1) is 10.0. The van der Waals surface area contributed by atoms with E-state index in [2.05, 4.69) is 34.6 Å². The number of hydrogen-bond donors (Lipinski definition) is 1. The quantitative estimate of drug-likeness (QED) is 0.513. The van der Waals surface area contributed by atoms with Gasteiger partial charge in [0.15, 0.2) is 0 Å². The molecule has 1 N–H and O–H groups in total. The molecular weight excluding hydrogens is 272 g/mol. The highest BCUT2D eigenvalue weighted by atomic mass is 16.5. The minimum atomic E-state index is -0.838. The molecule has 2 heteroatoms. The first kappa shape index (κ1) is 21.2. The monoisotopic (exact) mass is 310 g/mol. The van der Waals surface area contributed by atoms with Crippen molar-refractivity contribution in [1.29, 1.82) is 0 Å². The molecule has 0 heterocycles. The van der Waals surface area contributed by atoms with Crippen molar-refractivity contribution in [2.45, 2.75) is 93.6 Å². The van der Waals surface area contributed by atoms with Crippen LogP contribution in [0.1, 0.15) is 88.0 Å². The van der Waals surface area contributed by atoms with Crippen LogP contribution in [0.4, 0.5) is 0 Å². The highest BCUT2D eigenvalue weighted by Crippen LogP contribution is 2.31. The minimum absolute atomic E-state index is 0.462. The molecule has 2 nitrogen and oxygen atoms in total. The molecule has 0 saturated carbocycles. The second-order valence-electron chi connectivity index (χ2n) is 7.40. The summed E-state index contributed by atoms with van der Waals surface area (Å²) in [5, 5.41) is 10.2. The van der Waals surface area contributed by atoms with Crippen LogP contribution in [0.15, 0.2) is 22.7 Å². The maximum atomic E-state index is 10.2. The molecule has 0 aromatic rings. The Bertz CT molecular complexity index is 392. The maximum Gasteiger partial charge on any atom is 0.105 e. The zero-order valence-corrected chi connectivity index (χ0v) is 16.3. The molecule has 0 aromatic heterocycles. The van der Waals surface area contributed by atoms with E-state index in [4.69, 9.17) is 4.74 Å². The summed E-state index contributed by atoms with van der Waals surface area (Å²) in [6, 6.07) is 0. The van der Waals surface area contributed by atoms with Crippen LogP contribution in [0.5, 0.6) is 0 Å². The van der Waals surface area contributed by atoms with Gasteiger partial charge in [-0.1, -0.05) is 33.6 Å². The molecule has 0 saturated heterocycles. The number of ether oxygens (including phenoxy) is 1. The molecule has 0 amide bonds. The van der Waals surface area contributed by atoms with Gasteiger partial charge in [-0.05, 0) is 71.4 Å². The molecule has 0 fully saturated rings. The van der Waals surface area contributed by atoms with E-state index in [0.29, 0.717) is 5.92 Å². The van der Waals surface area contributed by atoms with Crippen LogP contribution in [0.3, 0.4) is 0 Å². The zero-order valence-electron chi connectivity index (χ0n) is 16.3. The highest BCUT2D eigenvalue weighted by molar-refractivity contribution is 5.18. The molecule has 0 spiro atoms. The normalized spacial score (nSPS) is 15.9. The number of rotatable bonds is 9. The van der Waals surface area contributed by atoms with Gasteiger partial charge in [0.25, 0.3) is 0 Å². The molecule has 0 aliphatic heterocycles. The Morgan fingerprint density at radius 1 is 1.00 bits per heavy atom. The summed E-state index contributed by atoms with van der Waals surface area (Å²) in [5.74, 6) is 3.14. The summed E-state index contributed by atoms with van der Waals surface area (Å²) in [5.41, 5.74) is 1.29. The Morgan fingerprint density at radius 3 is 1.91 bits per heavy atom. The average molecular weight is 311 g/mol. The smallest absolute Gasteiger partial charge is 0.105 e. The molecular formula is C20H38O2. The van der Waals surface area contributed by atoms with E-state index < -0.39 is 5.60 Å². The van der Waals surface area contributed by atoms with E-state index in [1.54, 1.807) is 13.8 Å². The van der Waals surface area contributed by atoms with Crippen LogP contribution < -0.4 is 0 Å². The standard InChI is InChI=1S/C20H38O2/c1-10-15(5)12-13-18(11-2)19(14(3)4)22-17(7)16(6)20(8,9)21/h15,18,21H,10-13H2,1-9H3/b17-16+/t15-,18?/m0/s1. The van der Waals surface area contributed by atoms with Gasteiger partial charge in [0.2, 0.25) is 0 Å². The number of aliphatic hydroxyl groups is 1. The Hall–Kier alpha value is -0.760. The maximum absolute atomic E-state index is 10.2. The van der Waals surface area contributed by atoms with Gasteiger partial charge >= 0.3 is 0 Å². The van der Waals surface area contributed by atoms with Crippen molar-refractivity contribution in [3.63, 3.8) is 0 Å². The highest BCUT2D eigenvalue weighted by Gasteiger charge is 2.22. The SMILES string of the molecule is CCC(CC[C@@H](C)CC)C(O/C(C)=C(\C)C(C)(C)O)=C(C)C. The summed E-state index contributed by atoms with van der Waals surface area (Å²) in [6.07, 6.45) is 4.73. The van der Waals surface area contributed by atoms with E-state index >= 15 is 0 Å². The summed E-state index contributed by atoms with van der Waals surface area (Å²) < 4.78 is 6.22. The molecule has 0 bridgehead atoms. The first-order valence-corrected chi connectivity index (χ1v) is 8.80. The lowest BCUT2D eigenvalue weighted by Gasteiger charge is -2.26. The molecule has 0 aliphatic rings. The van der Waals surface area contributed by atoms with Crippen LogP contribution in [-0.2, 0) is 4.74 Å². The second kappa shape index (κ2) is 9.39. The fourth-order valence-corrected chi connectivity index (χ4v) is 2.48. The van der Waals surface area contributed by atoms with Gasteiger partial charge in [0, 0.05) is 5.92 Å². The first-order valence-electron chi connectivity index (χ1n) is 8.80. The third-order valence-corrected chi connectivity index (χ3v) is 4.77. The van der Waals surface area contributed by atoms with Crippen molar-refractivity contribution >= 4 is 0 Å². The molecule has 130 valence electrons. The fraction of sp³-hybridized carbons (Fsp3) is 0.800. The van der Waals surface area contributed by atoms with E-state index in [9.17, 15) is 5.11 Å². The van der Waals surface area contributed by atoms with Crippen molar-refractivity contribution < 1.29 is 9.84 Å². The van der Waals surface area contributed by atoms with Gasteiger partial charge in [-0.15, -0.1) is 0 Å². The van der Waals surface area contributed by atoms with E-state index in [1.165, 1.54) is 24.8 Å². The van der Waals surface area contributed by atoms with Crippen LogP contribution >= 0.6 is 0 Å². The Balaban J connectivity index is 5.19. The molecule has 0 rings (SSSR count). The Kier molecular flexibility index (Phi) is 9.07. The van der Waals surface area contributed by atoms with Crippen LogP contribution in [-0.4, -0.2) is 10.7 Å². The molecule has 0 aromatic carbocycles. The van der Waals surface area contributed by atoms with Crippen molar-refractivity contribution in [3.8, 4) is 0 Å². The zero-order chi connectivity index (χ0) is 17.5. The molecule has 2 atom stereocenters.